The van der Waals surface area contributed by atoms with Gasteiger partial charge in [-0.25, -0.2) is 4.99 Å². The lowest BCUT2D eigenvalue weighted by Crippen LogP contribution is -2.05. The van der Waals surface area contributed by atoms with Crippen molar-refractivity contribution >= 4 is 25.3 Å². The van der Waals surface area contributed by atoms with Crippen molar-refractivity contribution in [3.63, 3.8) is 0 Å². The van der Waals surface area contributed by atoms with Crippen LogP contribution in [0, 0.1) is 0 Å². The van der Waals surface area contributed by atoms with Gasteiger partial charge in [0.2, 0.25) is 7.98 Å². The number of benzene rings is 1. The van der Waals surface area contributed by atoms with E-state index in [9.17, 15) is 0 Å². The molecule has 0 spiro atoms. The number of hydrogen-bond donors (Lipinski definition) is 1. The molecule has 0 fully saturated rings. The van der Waals surface area contributed by atoms with Crippen LogP contribution in [0.15, 0.2) is 64.9 Å². The number of rotatable bonds is 7. The first-order valence-corrected chi connectivity index (χ1v) is 9.10. The Labute approximate surface area is 167 Å². The van der Waals surface area contributed by atoms with Crippen molar-refractivity contribution in [1.82, 2.24) is 4.48 Å². The maximum absolute atomic E-state index is 6.04. The lowest BCUT2D eigenvalue weighted by Gasteiger charge is -2.11. The zero-order valence-corrected chi connectivity index (χ0v) is 16.5. The summed E-state index contributed by atoms with van der Waals surface area (Å²) < 4.78 is 12.3. The molecule has 0 aliphatic carbocycles. The minimum Gasteiger partial charge on any atom is -0.497 e. The van der Waals surface area contributed by atoms with Gasteiger partial charge in [-0.3, -0.25) is 0 Å². The van der Waals surface area contributed by atoms with Gasteiger partial charge in [-0.05, 0) is 73.6 Å². The molecular formula is C22H24BN3O2. The van der Waals surface area contributed by atoms with Crippen LogP contribution in [0.4, 0.5) is 0 Å². The Morgan fingerprint density at radius 1 is 1.18 bits per heavy atom. The Bertz CT molecular complexity index is 961. The summed E-state index contributed by atoms with van der Waals surface area (Å²) in [5.41, 5.74) is 11.7. The molecule has 1 aliphatic rings. The Kier molecular flexibility index (Phi) is 6.21. The average Bonchev–Trinajstić information content (AvgIpc) is 3.29. The summed E-state index contributed by atoms with van der Waals surface area (Å²) in [5.74, 6) is 1.49. The topological polar surface area (TPSA) is 61.8 Å². The minimum atomic E-state index is 0.529. The Balaban J connectivity index is 1.94. The van der Waals surface area contributed by atoms with Crippen molar-refractivity contribution in [1.29, 1.82) is 0 Å². The number of allylic oxidation sites excluding steroid dienone is 3. The molecular weight excluding hydrogens is 349 g/mol. The SMILES string of the molecule is [B]n1cccc1C(CCN)=C1N=C(C=Cc2cc(OC)cc(OC)c2)C=C1C. The molecule has 0 bridgehead atoms. The van der Waals surface area contributed by atoms with Crippen LogP contribution in [0.2, 0.25) is 0 Å². The number of nitrogens with zero attached hydrogens (tertiary/aromatic N) is 2. The average molecular weight is 373 g/mol. The van der Waals surface area contributed by atoms with Crippen LogP contribution in [-0.2, 0) is 0 Å². The summed E-state index contributed by atoms with van der Waals surface area (Å²) in [6.45, 7) is 2.58. The second kappa shape index (κ2) is 8.80. The molecule has 2 heterocycles. The highest BCUT2D eigenvalue weighted by atomic mass is 16.5. The van der Waals surface area contributed by atoms with E-state index in [4.69, 9.17) is 28.2 Å². The van der Waals surface area contributed by atoms with E-state index in [2.05, 4.69) is 13.0 Å². The molecule has 6 heteroatoms. The Hall–Kier alpha value is -2.99. The van der Waals surface area contributed by atoms with Crippen LogP contribution >= 0.6 is 0 Å². The predicted molar refractivity (Wildman–Crippen MR) is 116 cm³/mol. The van der Waals surface area contributed by atoms with E-state index < -0.39 is 0 Å². The number of ether oxygens (including phenoxy) is 2. The molecule has 1 aromatic heterocycles. The number of methoxy groups -OCH3 is 2. The lowest BCUT2D eigenvalue weighted by molar-refractivity contribution is 0.394. The van der Waals surface area contributed by atoms with Crippen LogP contribution in [0.25, 0.3) is 11.6 Å². The van der Waals surface area contributed by atoms with Crippen molar-refractivity contribution in [2.45, 2.75) is 13.3 Å². The first kappa shape index (κ1) is 19.8. The van der Waals surface area contributed by atoms with Gasteiger partial charge in [0.15, 0.2) is 0 Å². The van der Waals surface area contributed by atoms with Gasteiger partial charge in [0, 0.05) is 17.3 Å². The van der Waals surface area contributed by atoms with Gasteiger partial charge >= 0.3 is 0 Å². The van der Waals surface area contributed by atoms with Crippen molar-refractivity contribution < 1.29 is 9.47 Å². The minimum absolute atomic E-state index is 0.529. The van der Waals surface area contributed by atoms with Crippen LogP contribution in [0.1, 0.15) is 24.6 Å². The third-order valence-electron chi connectivity index (χ3n) is 4.57. The fourth-order valence-electron chi connectivity index (χ4n) is 3.20. The molecule has 2 N–H and O–H groups in total. The zero-order chi connectivity index (χ0) is 20.1. The number of aromatic nitrogens is 1. The third-order valence-corrected chi connectivity index (χ3v) is 4.57. The van der Waals surface area contributed by atoms with E-state index in [0.717, 1.165) is 45.3 Å². The summed E-state index contributed by atoms with van der Waals surface area (Å²) in [6.07, 6.45) is 8.55. The normalized spacial score (nSPS) is 15.6. The number of hydrogen-bond acceptors (Lipinski definition) is 4. The molecule has 0 saturated heterocycles. The van der Waals surface area contributed by atoms with Crippen LogP contribution in [0.5, 0.6) is 11.5 Å². The van der Waals surface area contributed by atoms with E-state index in [1.54, 1.807) is 18.7 Å². The van der Waals surface area contributed by atoms with Gasteiger partial charge in [-0.2, -0.15) is 0 Å². The molecule has 0 amide bonds. The van der Waals surface area contributed by atoms with Crippen molar-refractivity contribution in [3.05, 3.63) is 71.2 Å². The molecule has 1 aromatic carbocycles. The Morgan fingerprint density at radius 2 is 1.89 bits per heavy atom. The fraction of sp³-hybridized carbons (Fsp3) is 0.227. The summed E-state index contributed by atoms with van der Waals surface area (Å²) in [4.78, 5) is 4.82. The van der Waals surface area contributed by atoms with E-state index >= 15 is 0 Å². The predicted octanol–water partition coefficient (Wildman–Crippen LogP) is 3.61. The largest absolute Gasteiger partial charge is 0.497 e. The second-order valence-electron chi connectivity index (χ2n) is 6.51. The maximum atomic E-state index is 6.04. The fourth-order valence-corrected chi connectivity index (χ4v) is 3.20. The van der Waals surface area contributed by atoms with Crippen molar-refractivity contribution in [3.8, 4) is 11.5 Å². The summed E-state index contributed by atoms with van der Waals surface area (Å²) in [5, 5.41) is 0. The highest BCUT2D eigenvalue weighted by Crippen LogP contribution is 2.31. The quantitative estimate of drug-likeness (QED) is 0.755. The van der Waals surface area contributed by atoms with Gasteiger partial charge in [0.05, 0.1) is 25.6 Å². The molecule has 0 atom stereocenters. The smallest absolute Gasteiger partial charge is 0.234 e. The lowest BCUT2D eigenvalue weighted by atomic mass is 10.0. The summed E-state index contributed by atoms with van der Waals surface area (Å²) >= 11 is 0. The van der Waals surface area contributed by atoms with Crippen LogP contribution in [0.3, 0.4) is 0 Å². The van der Waals surface area contributed by atoms with Gasteiger partial charge in [-0.1, -0.05) is 6.08 Å². The second-order valence-corrected chi connectivity index (χ2v) is 6.51. The number of nitrogens with two attached hydrogens (primary N) is 1. The molecule has 3 rings (SSSR count). The first-order chi connectivity index (χ1) is 13.5. The van der Waals surface area contributed by atoms with Gasteiger partial charge in [0.25, 0.3) is 0 Å². The maximum Gasteiger partial charge on any atom is 0.234 e. The molecule has 28 heavy (non-hydrogen) atoms. The van der Waals surface area contributed by atoms with E-state index in [1.165, 1.54) is 0 Å². The molecule has 2 radical (unpaired) electrons. The van der Waals surface area contributed by atoms with E-state index in [-0.39, 0.29) is 0 Å². The van der Waals surface area contributed by atoms with Crippen molar-refractivity contribution in [2.24, 2.45) is 10.7 Å². The third kappa shape index (κ3) is 4.29. The van der Waals surface area contributed by atoms with E-state index in [0.29, 0.717) is 13.0 Å². The van der Waals surface area contributed by atoms with Crippen LogP contribution in [-0.4, -0.2) is 38.9 Å². The monoisotopic (exact) mass is 373 g/mol. The number of aliphatic imine (C=N–C) groups is 1. The molecule has 1 aliphatic heterocycles. The molecule has 5 nitrogen and oxygen atoms in total. The Morgan fingerprint density at radius 3 is 2.46 bits per heavy atom. The zero-order valence-electron chi connectivity index (χ0n) is 16.5. The van der Waals surface area contributed by atoms with Crippen molar-refractivity contribution in [2.75, 3.05) is 20.8 Å². The summed E-state index contributed by atoms with van der Waals surface area (Å²) in [7, 11) is 9.32. The van der Waals surface area contributed by atoms with Gasteiger partial charge < -0.3 is 19.7 Å². The van der Waals surface area contributed by atoms with Gasteiger partial charge in [-0.15, -0.1) is 0 Å². The molecule has 2 aromatic rings. The van der Waals surface area contributed by atoms with Gasteiger partial charge in [0.1, 0.15) is 11.5 Å². The first-order valence-electron chi connectivity index (χ1n) is 9.10. The molecule has 0 saturated carbocycles. The van der Waals surface area contributed by atoms with E-state index in [1.807, 2.05) is 48.7 Å². The highest BCUT2D eigenvalue weighted by Gasteiger charge is 2.16. The molecule has 142 valence electrons. The molecule has 0 unspecified atom stereocenters. The standard InChI is InChI=1S/C22H24BN3O2/c1-15-11-17(7-6-16-12-18(27-2)14-19(13-16)28-3)25-22(15)20(8-9-24)21-5-4-10-26(21)23/h4-7,10-14H,8-9,24H2,1-3H3. The highest BCUT2D eigenvalue weighted by molar-refractivity contribution is 6.11. The summed E-state index contributed by atoms with van der Waals surface area (Å²) in [6, 6.07) is 9.64. The van der Waals surface area contributed by atoms with Crippen LogP contribution < -0.4 is 15.2 Å².